The third kappa shape index (κ3) is 3.96. The molecule has 0 N–H and O–H groups in total. The molecule has 1 aromatic heterocycles. The number of hydrogen-bond donors (Lipinski definition) is 0. The van der Waals surface area contributed by atoms with E-state index in [9.17, 15) is 4.79 Å². The third-order valence-corrected chi connectivity index (χ3v) is 4.74. The maximum Gasteiger partial charge on any atom is 0.260 e. The van der Waals surface area contributed by atoms with Crippen LogP contribution >= 0.6 is 0 Å². The van der Waals surface area contributed by atoms with E-state index in [2.05, 4.69) is 4.98 Å². The number of nitrogens with zero attached hydrogens (tertiary/aromatic N) is 3. The van der Waals surface area contributed by atoms with Gasteiger partial charge in [0.15, 0.2) is 12.4 Å². The van der Waals surface area contributed by atoms with Crippen LogP contribution in [0.2, 0.25) is 0 Å². The van der Waals surface area contributed by atoms with E-state index in [0.717, 1.165) is 28.4 Å². The van der Waals surface area contributed by atoms with E-state index >= 15 is 0 Å². The Morgan fingerprint density at radius 3 is 2.57 bits per heavy atom. The molecule has 6 nitrogen and oxygen atoms in total. The molecule has 0 fully saturated rings. The lowest BCUT2D eigenvalue weighted by Crippen LogP contribution is -2.39. The zero-order valence-electron chi connectivity index (χ0n) is 15.7. The molecule has 2 heterocycles. The molecule has 142 valence electrons. The smallest absolute Gasteiger partial charge is 0.260 e. The Bertz CT molecular complexity index is 959. The van der Waals surface area contributed by atoms with Crippen molar-refractivity contribution in [2.75, 3.05) is 20.3 Å². The van der Waals surface area contributed by atoms with Gasteiger partial charge in [0.25, 0.3) is 5.91 Å². The van der Waals surface area contributed by atoms with Crippen LogP contribution in [0, 0.1) is 0 Å². The van der Waals surface area contributed by atoms with Crippen LogP contribution < -0.4 is 9.47 Å². The van der Waals surface area contributed by atoms with Crippen LogP contribution in [0.15, 0.2) is 60.8 Å². The second kappa shape index (κ2) is 8.08. The molecule has 0 bridgehead atoms. The van der Waals surface area contributed by atoms with Gasteiger partial charge in [-0.1, -0.05) is 30.3 Å². The fraction of sp³-hybridized carbons (Fsp3) is 0.227. The van der Waals surface area contributed by atoms with Crippen LogP contribution in [-0.2, 0) is 17.8 Å². The molecular weight excluding hydrogens is 354 g/mol. The molecule has 6 heteroatoms. The van der Waals surface area contributed by atoms with Crippen LogP contribution in [-0.4, -0.2) is 41.0 Å². The lowest BCUT2D eigenvalue weighted by atomic mass is 10.1. The van der Waals surface area contributed by atoms with E-state index < -0.39 is 0 Å². The van der Waals surface area contributed by atoms with Crippen molar-refractivity contribution in [1.82, 2.24) is 14.9 Å². The molecular formula is C22H21N3O3. The highest BCUT2D eigenvalue weighted by atomic mass is 16.5. The third-order valence-electron chi connectivity index (χ3n) is 4.74. The van der Waals surface area contributed by atoms with Crippen molar-refractivity contribution in [2.24, 2.45) is 0 Å². The Labute approximate surface area is 163 Å². The van der Waals surface area contributed by atoms with Crippen LogP contribution in [0.4, 0.5) is 0 Å². The highest BCUT2D eigenvalue weighted by Crippen LogP contribution is 2.21. The molecule has 1 aliphatic heterocycles. The summed E-state index contributed by atoms with van der Waals surface area (Å²) in [4.78, 5) is 23.5. The SMILES string of the molecule is COc1ccc(OCC(=O)N2CCc3nc(-c4ccccc4)ncc3C2)cc1. The summed E-state index contributed by atoms with van der Waals surface area (Å²) in [7, 11) is 1.61. The molecule has 2 aromatic carbocycles. The van der Waals surface area contributed by atoms with Crippen molar-refractivity contribution in [2.45, 2.75) is 13.0 Å². The molecule has 0 radical (unpaired) electrons. The Kier molecular flexibility index (Phi) is 5.19. The van der Waals surface area contributed by atoms with Crippen LogP contribution in [0.1, 0.15) is 11.3 Å². The zero-order valence-corrected chi connectivity index (χ0v) is 15.7. The van der Waals surface area contributed by atoms with Crippen LogP contribution in [0.25, 0.3) is 11.4 Å². The summed E-state index contributed by atoms with van der Waals surface area (Å²) in [6.07, 6.45) is 2.54. The average Bonchev–Trinajstić information content (AvgIpc) is 2.77. The van der Waals surface area contributed by atoms with Gasteiger partial charge in [0.2, 0.25) is 0 Å². The Morgan fingerprint density at radius 2 is 1.82 bits per heavy atom. The van der Waals surface area contributed by atoms with Gasteiger partial charge < -0.3 is 14.4 Å². The summed E-state index contributed by atoms with van der Waals surface area (Å²) in [6, 6.07) is 17.1. The largest absolute Gasteiger partial charge is 0.497 e. The minimum atomic E-state index is -0.0476. The standard InChI is InChI=1S/C22H21N3O3/c1-27-18-7-9-19(10-8-18)28-15-21(26)25-12-11-20-17(14-25)13-23-22(24-20)16-5-3-2-4-6-16/h2-10,13H,11-12,14-15H2,1H3. The zero-order chi connectivity index (χ0) is 19.3. The topological polar surface area (TPSA) is 64.6 Å². The number of fused-ring (bicyclic) bond motifs is 1. The Hall–Kier alpha value is -3.41. The second-order valence-corrected chi connectivity index (χ2v) is 6.56. The molecule has 1 amide bonds. The van der Waals surface area contributed by atoms with Crippen molar-refractivity contribution in [3.63, 3.8) is 0 Å². The first-order chi connectivity index (χ1) is 13.7. The molecule has 0 saturated heterocycles. The molecule has 0 spiro atoms. The maximum atomic E-state index is 12.5. The first-order valence-corrected chi connectivity index (χ1v) is 9.18. The summed E-state index contributed by atoms with van der Waals surface area (Å²) >= 11 is 0. The van der Waals surface area contributed by atoms with Gasteiger partial charge in [0.1, 0.15) is 11.5 Å². The fourth-order valence-corrected chi connectivity index (χ4v) is 3.16. The number of methoxy groups -OCH3 is 1. The van der Waals surface area contributed by atoms with Crippen molar-refractivity contribution >= 4 is 5.91 Å². The summed E-state index contributed by atoms with van der Waals surface area (Å²) in [5, 5.41) is 0. The maximum absolute atomic E-state index is 12.5. The monoisotopic (exact) mass is 375 g/mol. The average molecular weight is 375 g/mol. The molecule has 3 aromatic rings. The van der Waals surface area contributed by atoms with Gasteiger partial charge in [0, 0.05) is 36.8 Å². The number of hydrogen-bond acceptors (Lipinski definition) is 5. The molecule has 0 atom stereocenters. The predicted octanol–water partition coefficient (Wildman–Crippen LogP) is 3.12. The molecule has 0 aliphatic carbocycles. The van der Waals surface area contributed by atoms with Crippen molar-refractivity contribution in [3.05, 3.63) is 72.1 Å². The molecule has 0 unspecified atom stereocenters. The van der Waals surface area contributed by atoms with E-state index in [1.54, 1.807) is 36.3 Å². The lowest BCUT2D eigenvalue weighted by Gasteiger charge is -2.28. The summed E-state index contributed by atoms with van der Waals surface area (Å²) in [5.74, 6) is 2.07. The molecule has 4 rings (SSSR count). The normalized spacial score (nSPS) is 13.0. The van der Waals surface area contributed by atoms with E-state index in [1.807, 2.05) is 36.5 Å². The minimum Gasteiger partial charge on any atom is -0.497 e. The van der Waals surface area contributed by atoms with Gasteiger partial charge in [-0.15, -0.1) is 0 Å². The van der Waals surface area contributed by atoms with Gasteiger partial charge in [-0.25, -0.2) is 9.97 Å². The van der Waals surface area contributed by atoms with Gasteiger partial charge in [-0.3, -0.25) is 4.79 Å². The summed E-state index contributed by atoms with van der Waals surface area (Å²) in [5.41, 5.74) is 2.99. The highest BCUT2D eigenvalue weighted by molar-refractivity contribution is 5.78. The summed E-state index contributed by atoms with van der Waals surface area (Å²) in [6.45, 7) is 1.14. The van der Waals surface area contributed by atoms with Crippen molar-refractivity contribution < 1.29 is 14.3 Å². The minimum absolute atomic E-state index is 0.00458. The fourth-order valence-electron chi connectivity index (χ4n) is 3.16. The highest BCUT2D eigenvalue weighted by Gasteiger charge is 2.22. The second-order valence-electron chi connectivity index (χ2n) is 6.56. The first-order valence-electron chi connectivity index (χ1n) is 9.18. The number of aromatic nitrogens is 2. The quantitative estimate of drug-likeness (QED) is 0.686. The van der Waals surface area contributed by atoms with Crippen LogP contribution in [0.5, 0.6) is 11.5 Å². The van der Waals surface area contributed by atoms with Crippen LogP contribution in [0.3, 0.4) is 0 Å². The van der Waals surface area contributed by atoms with E-state index in [0.29, 0.717) is 25.3 Å². The number of amides is 1. The van der Waals surface area contributed by atoms with E-state index in [-0.39, 0.29) is 12.5 Å². The van der Waals surface area contributed by atoms with Gasteiger partial charge in [-0.05, 0) is 24.3 Å². The molecule has 1 aliphatic rings. The predicted molar refractivity (Wildman–Crippen MR) is 105 cm³/mol. The van der Waals surface area contributed by atoms with E-state index in [1.165, 1.54) is 0 Å². The van der Waals surface area contributed by atoms with E-state index in [4.69, 9.17) is 14.5 Å². The number of rotatable bonds is 5. The number of carbonyl (C=O) groups excluding carboxylic acids is 1. The lowest BCUT2D eigenvalue weighted by molar-refractivity contribution is -0.134. The number of carbonyl (C=O) groups is 1. The van der Waals surface area contributed by atoms with Gasteiger partial charge in [-0.2, -0.15) is 0 Å². The van der Waals surface area contributed by atoms with Gasteiger partial charge >= 0.3 is 0 Å². The van der Waals surface area contributed by atoms with Crippen molar-refractivity contribution in [1.29, 1.82) is 0 Å². The number of benzene rings is 2. The summed E-state index contributed by atoms with van der Waals surface area (Å²) < 4.78 is 10.7. The molecule has 0 saturated carbocycles. The van der Waals surface area contributed by atoms with Gasteiger partial charge in [0.05, 0.1) is 12.8 Å². The first kappa shape index (κ1) is 18.0. The Balaban J connectivity index is 1.38. The molecule has 28 heavy (non-hydrogen) atoms. The number of ether oxygens (including phenoxy) is 2. The van der Waals surface area contributed by atoms with Crippen molar-refractivity contribution in [3.8, 4) is 22.9 Å². The Morgan fingerprint density at radius 1 is 1.07 bits per heavy atom.